The van der Waals surface area contributed by atoms with Gasteiger partial charge in [-0.25, -0.2) is 0 Å². The van der Waals surface area contributed by atoms with E-state index in [2.05, 4.69) is 35.7 Å². The normalized spacial score (nSPS) is 26.1. The van der Waals surface area contributed by atoms with Crippen molar-refractivity contribution in [2.24, 2.45) is 0 Å². The predicted molar refractivity (Wildman–Crippen MR) is 55.7 cm³/mol. The largest absolute Gasteiger partial charge is 0.340 e. The van der Waals surface area contributed by atoms with E-state index in [1.165, 1.54) is 0 Å². The summed E-state index contributed by atoms with van der Waals surface area (Å²) in [5, 5.41) is 9.37. The number of terminal acetylenes is 1. The van der Waals surface area contributed by atoms with Gasteiger partial charge in [0.1, 0.15) is 0 Å². The quantitative estimate of drug-likeness (QED) is 0.510. The van der Waals surface area contributed by atoms with Crippen molar-refractivity contribution in [2.45, 2.75) is 32.0 Å². The Bertz CT molecular complexity index is 244. The van der Waals surface area contributed by atoms with Crippen LogP contribution < -0.4 is 16.0 Å². The monoisotopic (exact) mass is 195 g/mol. The summed E-state index contributed by atoms with van der Waals surface area (Å²) in [4.78, 5) is 11.0. The van der Waals surface area contributed by atoms with Crippen LogP contribution in [0.4, 0.5) is 0 Å². The summed E-state index contributed by atoms with van der Waals surface area (Å²) in [6, 6.07) is 0.776. The Labute approximate surface area is 84.8 Å². The number of carbonyl (C=O) groups excluding carboxylic acids is 1. The molecular weight excluding hydrogens is 178 g/mol. The fraction of sp³-hybridized carbons (Fsp3) is 0.700. The van der Waals surface area contributed by atoms with E-state index >= 15 is 0 Å². The molecule has 1 amide bonds. The first-order chi connectivity index (χ1) is 6.63. The molecule has 1 aliphatic rings. The lowest BCUT2D eigenvalue weighted by molar-refractivity contribution is -0.116. The number of amides is 1. The molecule has 14 heavy (non-hydrogen) atoms. The van der Waals surface area contributed by atoms with Gasteiger partial charge in [-0.1, -0.05) is 13.8 Å². The van der Waals surface area contributed by atoms with Crippen molar-refractivity contribution in [1.29, 1.82) is 0 Å². The molecule has 1 aliphatic heterocycles. The van der Waals surface area contributed by atoms with Crippen molar-refractivity contribution < 1.29 is 4.79 Å². The summed E-state index contributed by atoms with van der Waals surface area (Å²) in [6.45, 7) is 5.81. The first-order valence-electron chi connectivity index (χ1n) is 4.87. The average Bonchev–Trinajstić information content (AvgIpc) is 2.52. The molecule has 3 N–H and O–H groups in total. The van der Waals surface area contributed by atoms with Gasteiger partial charge < -0.3 is 16.0 Å². The molecule has 0 radical (unpaired) electrons. The molecule has 1 saturated heterocycles. The van der Waals surface area contributed by atoms with Crippen LogP contribution in [0.25, 0.3) is 0 Å². The van der Waals surface area contributed by atoms with Crippen molar-refractivity contribution in [1.82, 2.24) is 16.0 Å². The molecule has 1 rings (SSSR count). The summed E-state index contributed by atoms with van der Waals surface area (Å²) in [7, 11) is 0. The lowest BCUT2D eigenvalue weighted by Gasteiger charge is -2.22. The maximum atomic E-state index is 11.0. The molecule has 0 aromatic heterocycles. The fourth-order valence-electron chi connectivity index (χ4n) is 1.64. The second-order valence-corrected chi connectivity index (χ2v) is 3.81. The Kier molecular flexibility index (Phi) is 3.93. The fourth-order valence-corrected chi connectivity index (χ4v) is 1.64. The maximum Gasteiger partial charge on any atom is 0.295 e. The van der Waals surface area contributed by atoms with Crippen LogP contribution in [0.15, 0.2) is 0 Å². The second-order valence-electron chi connectivity index (χ2n) is 3.81. The Morgan fingerprint density at radius 2 is 2.14 bits per heavy atom. The van der Waals surface area contributed by atoms with E-state index in [1.807, 2.05) is 0 Å². The van der Waals surface area contributed by atoms with Gasteiger partial charge in [-0.3, -0.25) is 4.79 Å². The molecule has 1 heterocycles. The molecule has 0 spiro atoms. The van der Waals surface area contributed by atoms with E-state index in [9.17, 15) is 4.79 Å². The molecule has 0 aromatic rings. The highest BCUT2D eigenvalue weighted by Crippen LogP contribution is 2.01. The van der Waals surface area contributed by atoms with E-state index in [-0.39, 0.29) is 18.0 Å². The van der Waals surface area contributed by atoms with Gasteiger partial charge in [0.15, 0.2) is 0 Å². The number of carbonyl (C=O) groups is 1. The van der Waals surface area contributed by atoms with Crippen molar-refractivity contribution in [2.75, 3.05) is 13.1 Å². The zero-order chi connectivity index (χ0) is 10.6. The molecule has 0 aromatic carbocycles. The van der Waals surface area contributed by atoms with Crippen LogP contribution in [0.5, 0.6) is 0 Å². The smallest absolute Gasteiger partial charge is 0.295 e. The molecule has 4 nitrogen and oxygen atoms in total. The van der Waals surface area contributed by atoms with Gasteiger partial charge in [0.25, 0.3) is 5.91 Å². The number of nitrogens with one attached hydrogen (secondary N) is 3. The highest BCUT2D eigenvalue weighted by Gasteiger charge is 2.27. The van der Waals surface area contributed by atoms with Gasteiger partial charge in [0.05, 0.1) is 6.04 Å². The van der Waals surface area contributed by atoms with Gasteiger partial charge in [-0.2, -0.15) is 0 Å². The second kappa shape index (κ2) is 4.99. The molecular formula is C10H17N3O. The molecule has 4 heteroatoms. The molecule has 0 bridgehead atoms. The molecule has 0 aliphatic carbocycles. The van der Waals surface area contributed by atoms with Crippen molar-refractivity contribution in [3.05, 3.63) is 0 Å². The topological polar surface area (TPSA) is 53.2 Å². The minimum atomic E-state index is -0.339. The zero-order valence-electron chi connectivity index (χ0n) is 8.63. The SMILES string of the molecule is C#CC(=O)NC1CNC[C@H]1NC(C)C. The van der Waals surface area contributed by atoms with E-state index in [0.717, 1.165) is 13.1 Å². The Morgan fingerprint density at radius 1 is 1.50 bits per heavy atom. The Balaban J connectivity index is 2.43. The van der Waals surface area contributed by atoms with E-state index in [0.29, 0.717) is 6.04 Å². The first kappa shape index (κ1) is 11.0. The summed E-state index contributed by atoms with van der Waals surface area (Å²) >= 11 is 0. The molecule has 0 saturated carbocycles. The summed E-state index contributed by atoms with van der Waals surface area (Å²) < 4.78 is 0. The summed E-state index contributed by atoms with van der Waals surface area (Å²) in [6.07, 6.45) is 4.99. The predicted octanol–water partition coefficient (Wildman–Crippen LogP) is -0.926. The highest BCUT2D eigenvalue weighted by molar-refractivity contribution is 5.93. The maximum absolute atomic E-state index is 11.0. The van der Waals surface area contributed by atoms with Crippen LogP contribution in [0.3, 0.4) is 0 Å². The van der Waals surface area contributed by atoms with Crippen molar-refractivity contribution >= 4 is 5.91 Å². The van der Waals surface area contributed by atoms with Crippen LogP contribution >= 0.6 is 0 Å². The third-order valence-electron chi connectivity index (χ3n) is 2.21. The van der Waals surface area contributed by atoms with Gasteiger partial charge in [-0.05, 0) is 5.92 Å². The van der Waals surface area contributed by atoms with Crippen LogP contribution in [-0.4, -0.2) is 37.1 Å². The zero-order valence-corrected chi connectivity index (χ0v) is 8.63. The molecule has 1 unspecified atom stereocenters. The highest BCUT2D eigenvalue weighted by atomic mass is 16.1. The average molecular weight is 195 g/mol. The summed E-state index contributed by atoms with van der Waals surface area (Å²) in [5.41, 5.74) is 0. The lowest BCUT2D eigenvalue weighted by atomic mass is 10.1. The number of rotatable bonds is 3. The van der Waals surface area contributed by atoms with Crippen molar-refractivity contribution in [3.63, 3.8) is 0 Å². The van der Waals surface area contributed by atoms with Crippen LogP contribution in [-0.2, 0) is 4.79 Å². The first-order valence-corrected chi connectivity index (χ1v) is 4.87. The lowest BCUT2D eigenvalue weighted by Crippen LogP contribution is -2.50. The van der Waals surface area contributed by atoms with Crippen molar-refractivity contribution in [3.8, 4) is 12.3 Å². The molecule has 2 atom stereocenters. The Morgan fingerprint density at radius 3 is 2.71 bits per heavy atom. The summed E-state index contributed by atoms with van der Waals surface area (Å²) in [5.74, 6) is 1.72. The van der Waals surface area contributed by atoms with Crippen LogP contribution in [0, 0.1) is 12.3 Å². The van der Waals surface area contributed by atoms with Crippen LogP contribution in [0.1, 0.15) is 13.8 Å². The third kappa shape index (κ3) is 3.02. The molecule has 78 valence electrons. The minimum absolute atomic E-state index is 0.0981. The van der Waals surface area contributed by atoms with E-state index < -0.39 is 0 Å². The minimum Gasteiger partial charge on any atom is -0.340 e. The van der Waals surface area contributed by atoms with Gasteiger partial charge in [-0.15, -0.1) is 6.42 Å². The standard InChI is InChI=1S/C10H17N3O/c1-4-10(14)13-9-6-11-5-8(9)12-7(2)3/h1,7-9,11-12H,5-6H2,2-3H3,(H,13,14)/t8-,9?/m1/s1. The van der Waals surface area contributed by atoms with E-state index in [1.54, 1.807) is 0 Å². The number of hydrogen-bond donors (Lipinski definition) is 3. The van der Waals surface area contributed by atoms with Crippen LogP contribution in [0.2, 0.25) is 0 Å². The van der Waals surface area contributed by atoms with Gasteiger partial charge in [0, 0.05) is 25.2 Å². The third-order valence-corrected chi connectivity index (χ3v) is 2.21. The van der Waals surface area contributed by atoms with E-state index in [4.69, 9.17) is 6.42 Å². The van der Waals surface area contributed by atoms with Gasteiger partial charge >= 0.3 is 0 Å². The van der Waals surface area contributed by atoms with Gasteiger partial charge in [0.2, 0.25) is 0 Å². The molecule has 1 fully saturated rings. The Hall–Kier alpha value is -1.05. The number of hydrogen-bond acceptors (Lipinski definition) is 3.